The van der Waals surface area contributed by atoms with Crippen LogP contribution in [-0.2, 0) is 0 Å². The first-order chi connectivity index (χ1) is 10.9. The van der Waals surface area contributed by atoms with E-state index in [4.69, 9.17) is 0 Å². The fourth-order valence-corrected chi connectivity index (χ4v) is 2.67. The molecule has 0 saturated heterocycles. The Labute approximate surface area is 136 Å². The molecule has 0 aliphatic heterocycles. The van der Waals surface area contributed by atoms with E-state index < -0.39 is 11.8 Å². The first-order valence-electron chi connectivity index (χ1n) is 7.93. The monoisotopic (exact) mass is 321 g/mol. The average Bonchev–Trinajstić information content (AvgIpc) is 3.27. The van der Waals surface area contributed by atoms with Crippen molar-refractivity contribution in [1.82, 2.24) is 10.2 Å². The lowest BCUT2D eigenvalue weighted by molar-refractivity contribution is 0.0827. The van der Waals surface area contributed by atoms with Crippen molar-refractivity contribution in [2.45, 2.75) is 32.6 Å². The van der Waals surface area contributed by atoms with Crippen LogP contribution in [0.2, 0.25) is 0 Å². The second-order valence-electron chi connectivity index (χ2n) is 6.45. The van der Waals surface area contributed by atoms with Gasteiger partial charge in [0.05, 0.1) is 5.69 Å². The molecule has 1 aromatic carbocycles. The van der Waals surface area contributed by atoms with Crippen molar-refractivity contribution in [3.8, 4) is 0 Å². The summed E-state index contributed by atoms with van der Waals surface area (Å²) < 4.78 is 13.8. The van der Waals surface area contributed by atoms with Gasteiger partial charge < -0.3 is 15.5 Å². The van der Waals surface area contributed by atoms with Crippen LogP contribution in [0.15, 0.2) is 18.2 Å². The minimum Gasteiger partial charge on any atom is -0.345 e. The van der Waals surface area contributed by atoms with E-state index in [1.165, 1.54) is 23.1 Å². The van der Waals surface area contributed by atoms with E-state index in [2.05, 4.69) is 17.6 Å². The molecular weight excluding hydrogens is 297 g/mol. The lowest BCUT2D eigenvalue weighted by atomic mass is 10.0. The van der Waals surface area contributed by atoms with E-state index in [0.717, 1.165) is 25.7 Å². The van der Waals surface area contributed by atoms with E-state index >= 15 is 0 Å². The van der Waals surface area contributed by atoms with Crippen LogP contribution in [0, 0.1) is 11.2 Å². The summed E-state index contributed by atoms with van der Waals surface area (Å²) in [6.45, 7) is 2.73. The molecule has 3 amide bonds. The lowest BCUT2D eigenvalue weighted by Gasteiger charge is -2.16. The zero-order valence-electron chi connectivity index (χ0n) is 13.9. The van der Waals surface area contributed by atoms with Crippen LogP contribution in [0.25, 0.3) is 0 Å². The smallest absolute Gasteiger partial charge is 0.319 e. The normalized spacial score (nSPS) is 15.0. The van der Waals surface area contributed by atoms with Crippen LogP contribution in [0.5, 0.6) is 0 Å². The van der Waals surface area contributed by atoms with Gasteiger partial charge in [-0.1, -0.05) is 13.3 Å². The van der Waals surface area contributed by atoms with Crippen molar-refractivity contribution < 1.29 is 14.0 Å². The number of anilines is 1. The number of carbonyl (C=O) groups is 2. The highest BCUT2D eigenvalue weighted by molar-refractivity contribution is 5.96. The Balaban J connectivity index is 1.97. The molecule has 2 rings (SSSR count). The van der Waals surface area contributed by atoms with Crippen molar-refractivity contribution >= 4 is 17.6 Å². The molecule has 126 valence electrons. The molecule has 0 unspecified atom stereocenters. The highest BCUT2D eigenvalue weighted by Crippen LogP contribution is 2.48. The Morgan fingerprint density at radius 3 is 2.57 bits per heavy atom. The fourth-order valence-electron chi connectivity index (χ4n) is 2.67. The predicted octanol–water partition coefficient (Wildman–Crippen LogP) is 3.23. The van der Waals surface area contributed by atoms with Crippen molar-refractivity contribution in [2.75, 3.05) is 26.0 Å². The minimum atomic E-state index is -0.565. The summed E-state index contributed by atoms with van der Waals surface area (Å²) in [5.41, 5.74) is 0.569. The molecule has 1 aromatic rings. The molecule has 0 bridgehead atoms. The van der Waals surface area contributed by atoms with Gasteiger partial charge in [-0.25, -0.2) is 9.18 Å². The first kappa shape index (κ1) is 17.2. The molecule has 0 atom stereocenters. The van der Waals surface area contributed by atoms with Gasteiger partial charge in [-0.15, -0.1) is 0 Å². The molecule has 0 heterocycles. The Morgan fingerprint density at radius 2 is 2.00 bits per heavy atom. The summed E-state index contributed by atoms with van der Waals surface area (Å²) in [4.78, 5) is 25.3. The van der Waals surface area contributed by atoms with Gasteiger partial charge in [-0.3, -0.25) is 4.79 Å². The summed E-state index contributed by atoms with van der Waals surface area (Å²) in [7, 11) is 3.24. The van der Waals surface area contributed by atoms with Gasteiger partial charge in [-0.05, 0) is 42.9 Å². The molecule has 5 nitrogen and oxygen atoms in total. The molecular formula is C17H24FN3O2. The molecule has 23 heavy (non-hydrogen) atoms. The van der Waals surface area contributed by atoms with E-state index in [-0.39, 0.29) is 17.0 Å². The number of rotatable bonds is 6. The van der Waals surface area contributed by atoms with E-state index in [1.54, 1.807) is 14.1 Å². The van der Waals surface area contributed by atoms with Gasteiger partial charge in [0.25, 0.3) is 5.91 Å². The number of hydrogen-bond acceptors (Lipinski definition) is 2. The van der Waals surface area contributed by atoms with Crippen LogP contribution in [0.4, 0.5) is 14.9 Å². The van der Waals surface area contributed by atoms with Crippen LogP contribution < -0.4 is 10.6 Å². The number of hydrogen-bond donors (Lipinski definition) is 2. The van der Waals surface area contributed by atoms with Gasteiger partial charge in [0.1, 0.15) is 5.82 Å². The zero-order valence-corrected chi connectivity index (χ0v) is 13.9. The van der Waals surface area contributed by atoms with Crippen LogP contribution in [0.1, 0.15) is 43.0 Å². The molecule has 0 spiro atoms. The number of urea groups is 1. The van der Waals surface area contributed by atoms with Gasteiger partial charge in [-0.2, -0.15) is 0 Å². The predicted molar refractivity (Wildman–Crippen MR) is 88.0 cm³/mol. The second-order valence-corrected chi connectivity index (χ2v) is 6.45. The third kappa shape index (κ3) is 4.43. The molecule has 0 radical (unpaired) electrons. The van der Waals surface area contributed by atoms with Crippen molar-refractivity contribution in [2.24, 2.45) is 5.41 Å². The molecule has 6 heteroatoms. The summed E-state index contributed by atoms with van der Waals surface area (Å²) in [5, 5.41) is 5.30. The largest absolute Gasteiger partial charge is 0.345 e. The quantitative estimate of drug-likeness (QED) is 0.845. The fraction of sp³-hybridized carbons (Fsp3) is 0.529. The maximum Gasteiger partial charge on any atom is 0.319 e. The summed E-state index contributed by atoms with van der Waals surface area (Å²) in [6, 6.07) is 3.50. The molecule has 1 aliphatic rings. The Bertz CT molecular complexity index is 598. The van der Waals surface area contributed by atoms with Gasteiger partial charge in [0.2, 0.25) is 0 Å². The summed E-state index contributed by atoms with van der Waals surface area (Å²) in [6.07, 6.45) is 4.44. The average molecular weight is 321 g/mol. The van der Waals surface area contributed by atoms with Crippen molar-refractivity contribution in [3.63, 3.8) is 0 Å². The lowest BCUT2D eigenvalue weighted by Crippen LogP contribution is -2.34. The number of carbonyl (C=O) groups excluding carboxylic acids is 2. The maximum atomic E-state index is 13.8. The highest BCUT2D eigenvalue weighted by atomic mass is 19.1. The Morgan fingerprint density at radius 1 is 1.30 bits per heavy atom. The van der Waals surface area contributed by atoms with Crippen LogP contribution in [0.3, 0.4) is 0 Å². The van der Waals surface area contributed by atoms with Gasteiger partial charge >= 0.3 is 6.03 Å². The van der Waals surface area contributed by atoms with Crippen molar-refractivity contribution in [3.05, 3.63) is 29.6 Å². The van der Waals surface area contributed by atoms with Gasteiger partial charge in [0, 0.05) is 26.2 Å². The molecule has 2 N–H and O–H groups in total. The van der Waals surface area contributed by atoms with Gasteiger partial charge in [0.15, 0.2) is 0 Å². The molecule has 0 aromatic heterocycles. The SMILES string of the molecule is CCCC1(CNC(=O)Nc2cc(C(=O)N(C)C)ccc2F)CC1. The first-order valence-corrected chi connectivity index (χ1v) is 7.93. The zero-order chi connectivity index (χ0) is 17.0. The van der Waals surface area contributed by atoms with E-state index in [0.29, 0.717) is 12.1 Å². The Kier molecular flexibility index (Phi) is 5.23. The summed E-state index contributed by atoms with van der Waals surface area (Å²) >= 11 is 0. The number of halogens is 1. The topological polar surface area (TPSA) is 61.4 Å². The minimum absolute atomic E-state index is 0.00976. The third-order valence-electron chi connectivity index (χ3n) is 4.23. The van der Waals surface area contributed by atoms with E-state index in [1.807, 2.05) is 0 Å². The summed E-state index contributed by atoms with van der Waals surface area (Å²) in [5.74, 6) is -0.807. The number of nitrogens with one attached hydrogen (secondary N) is 2. The van der Waals surface area contributed by atoms with Crippen LogP contribution >= 0.6 is 0 Å². The molecule has 1 aliphatic carbocycles. The number of nitrogens with zero attached hydrogens (tertiary/aromatic N) is 1. The molecule has 1 saturated carbocycles. The number of benzene rings is 1. The van der Waals surface area contributed by atoms with Crippen LogP contribution in [-0.4, -0.2) is 37.5 Å². The number of amides is 3. The second kappa shape index (κ2) is 6.98. The molecule has 1 fully saturated rings. The Hall–Kier alpha value is -2.11. The third-order valence-corrected chi connectivity index (χ3v) is 4.23. The van der Waals surface area contributed by atoms with E-state index in [9.17, 15) is 14.0 Å². The maximum absolute atomic E-state index is 13.8. The van der Waals surface area contributed by atoms with Crippen molar-refractivity contribution in [1.29, 1.82) is 0 Å². The standard InChI is InChI=1S/C17H24FN3O2/c1-4-7-17(8-9-17)11-19-16(23)20-14-10-12(5-6-13(14)18)15(22)21(2)3/h5-6,10H,4,7-9,11H2,1-3H3,(H2,19,20,23). The highest BCUT2D eigenvalue weighted by Gasteiger charge is 2.41.